The Morgan fingerprint density at radius 2 is 2.43 bits per heavy atom. The molecule has 0 aromatic rings. The molecular formula is C3H7N3O. The second-order valence-electron chi connectivity index (χ2n) is 0.993. The van der Waals surface area contributed by atoms with Crippen molar-refractivity contribution in [2.24, 2.45) is 5.84 Å². The van der Waals surface area contributed by atoms with Crippen molar-refractivity contribution in [2.45, 2.75) is 0 Å². The maximum absolute atomic E-state index is 9.55. The average Bonchev–Trinajstić information content (AvgIpc) is 1.68. The van der Waals surface area contributed by atoms with Crippen molar-refractivity contribution in [3.8, 4) is 0 Å². The lowest BCUT2D eigenvalue weighted by Gasteiger charge is -2.03. The summed E-state index contributed by atoms with van der Waals surface area (Å²) in [7, 11) is 0. The highest BCUT2D eigenvalue weighted by atomic mass is 16.1. The minimum absolute atomic E-state index is 0.0868. The van der Waals surface area contributed by atoms with Crippen molar-refractivity contribution in [3.05, 3.63) is 0 Å². The zero-order chi connectivity index (χ0) is 5.70. The first-order valence-electron chi connectivity index (χ1n) is 1.77. The fraction of sp³-hybridized carbons (Fsp3) is 0.333. The summed E-state index contributed by atoms with van der Waals surface area (Å²) in [5.41, 5.74) is 0. The number of hydrogen-bond donors (Lipinski definition) is 2. The van der Waals surface area contributed by atoms with Gasteiger partial charge in [0.2, 0.25) is 0 Å². The SMILES string of the molecule is N=CN(N)CC=O. The minimum atomic E-state index is 0.0868. The number of nitrogens with zero attached hydrogens (tertiary/aromatic N) is 1. The van der Waals surface area contributed by atoms with Crippen LogP contribution in [0.2, 0.25) is 0 Å². The lowest BCUT2D eigenvalue weighted by atomic mass is 10.7. The highest BCUT2D eigenvalue weighted by molar-refractivity contribution is 5.59. The maximum atomic E-state index is 9.55. The van der Waals surface area contributed by atoms with E-state index in [0.717, 1.165) is 11.3 Å². The molecule has 0 spiro atoms. The first-order chi connectivity index (χ1) is 3.31. The zero-order valence-electron chi connectivity index (χ0n) is 3.79. The molecule has 4 heteroatoms. The summed E-state index contributed by atoms with van der Waals surface area (Å²) in [6, 6.07) is 0. The Labute approximate surface area is 41.4 Å². The molecule has 7 heavy (non-hydrogen) atoms. The molecule has 0 aliphatic carbocycles. The van der Waals surface area contributed by atoms with Gasteiger partial charge in [0.25, 0.3) is 0 Å². The average molecular weight is 101 g/mol. The van der Waals surface area contributed by atoms with Gasteiger partial charge >= 0.3 is 0 Å². The van der Waals surface area contributed by atoms with E-state index in [2.05, 4.69) is 0 Å². The fourth-order valence-corrected chi connectivity index (χ4v) is 0.139. The van der Waals surface area contributed by atoms with E-state index in [0.29, 0.717) is 6.29 Å². The molecule has 0 heterocycles. The number of hydrogen-bond acceptors (Lipinski definition) is 3. The lowest BCUT2D eigenvalue weighted by molar-refractivity contribution is -0.108. The van der Waals surface area contributed by atoms with E-state index in [1.54, 1.807) is 0 Å². The largest absolute Gasteiger partial charge is 0.301 e. The Morgan fingerprint density at radius 1 is 1.86 bits per heavy atom. The van der Waals surface area contributed by atoms with Gasteiger partial charge in [0.05, 0.1) is 12.9 Å². The Bertz CT molecular complexity index is 72.6. The molecule has 0 amide bonds. The second-order valence-corrected chi connectivity index (χ2v) is 0.993. The van der Waals surface area contributed by atoms with Crippen molar-refractivity contribution in [1.82, 2.24) is 5.01 Å². The molecule has 0 fully saturated rings. The third-order valence-electron chi connectivity index (χ3n) is 0.451. The molecule has 4 nitrogen and oxygen atoms in total. The Hall–Kier alpha value is -0.900. The number of nitrogens with two attached hydrogens (primary N) is 1. The minimum Gasteiger partial charge on any atom is -0.301 e. The third kappa shape index (κ3) is 2.92. The molecule has 0 aromatic heterocycles. The van der Waals surface area contributed by atoms with Crippen LogP contribution < -0.4 is 5.84 Å². The van der Waals surface area contributed by atoms with Crippen molar-refractivity contribution in [1.29, 1.82) is 5.41 Å². The van der Waals surface area contributed by atoms with Gasteiger partial charge in [-0.15, -0.1) is 0 Å². The Balaban J connectivity index is 3.15. The number of carbonyl (C=O) groups is 1. The Kier molecular flexibility index (Phi) is 2.87. The van der Waals surface area contributed by atoms with E-state index in [1.807, 2.05) is 0 Å². The van der Waals surface area contributed by atoms with Gasteiger partial charge in [0.15, 0.2) is 0 Å². The fourth-order valence-electron chi connectivity index (χ4n) is 0.139. The standard InChI is InChI=1S/C3H7N3O/c4-3-6(5)1-2-7/h2-4H,1,5H2. The first kappa shape index (κ1) is 6.10. The first-order valence-corrected chi connectivity index (χ1v) is 1.77. The van der Waals surface area contributed by atoms with E-state index in [9.17, 15) is 4.79 Å². The van der Waals surface area contributed by atoms with Gasteiger partial charge in [-0.1, -0.05) is 0 Å². The molecular weight excluding hydrogens is 94.1 g/mol. The van der Waals surface area contributed by atoms with Crippen molar-refractivity contribution in [3.63, 3.8) is 0 Å². The molecule has 0 saturated heterocycles. The maximum Gasteiger partial charge on any atom is 0.140 e. The van der Waals surface area contributed by atoms with Gasteiger partial charge in [0, 0.05) is 0 Å². The normalized spacial score (nSPS) is 7.57. The van der Waals surface area contributed by atoms with Crippen molar-refractivity contribution >= 4 is 12.6 Å². The van der Waals surface area contributed by atoms with Crippen LogP contribution in [0.25, 0.3) is 0 Å². The zero-order valence-corrected chi connectivity index (χ0v) is 3.79. The van der Waals surface area contributed by atoms with Gasteiger partial charge in [-0.05, 0) is 0 Å². The highest BCUT2D eigenvalue weighted by Crippen LogP contribution is 1.59. The molecule has 0 atom stereocenters. The number of aldehydes is 1. The van der Waals surface area contributed by atoms with Crippen LogP contribution in [0.1, 0.15) is 0 Å². The molecule has 0 saturated carbocycles. The monoisotopic (exact) mass is 101 g/mol. The van der Waals surface area contributed by atoms with Crippen LogP contribution >= 0.6 is 0 Å². The van der Waals surface area contributed by atoms with Crippen LogP contribution in [-0.2, 0) is 4.79 Å². The Morgan fingerprint density at radius 3 is 2.57 bits per heavy atom. The van der Waals surface area contributed by atoms with Gasteiger partial charge in [0.1, 0.15) is 6.29 Å². The molecule has 0 aliphatic heterocycles. The lowest BCUT2D eigenvalue weighted by Crippen LogP contribution is -2.30. The summed E-state index contributed by atoms with van der Waals surface area (Å²) in [4.78, 5) is 9.55. The number of carbonyl (C=O) groups excluding carboxylic acids is 1. The van der Waals surface area contributed by atoms with Crippen LogP contribution in [0, 0.1) is 5.41 Å². The predicted molar refractivity (Wildman–Crippen MR) is 25.7 cm³/mol. The highest BCUT2D eigenvalue weighted by Gasteiger charge is 1.82. The van der Waals surface area contributed by atoms with E-state index in [1.165, 1.54) is 0 Å². The van der Waals surface area contributed by atoms with Gasteiger partial charge < -0.3 is 4.79 Å². The molecule has 0 aliphatic rings. The van der Waals surface area contributed by atoms with E-state index >= 15 is 0 Å². The topological polar surface area (TPSA) is 70.2 Å². The summed E-state index contributed by atoms with van der Waals surface area (Å²) < 4.78 is 0. The van der Waals surface area contributed by atoms with Crippen LogP contribution in [0.4, 0.5) is 0 Å². The quantitative estimate of drug-likeness (QED) is 0.157. The van der Waals surface area contributed by atoms with Crippen LogP contribution in [-0.4, -0.2) is 24.2 Å². The van der Waals surface area contributed by atoms with Gasteiger partial charge in [-0.2, -0.15) is 0 Å². The van der Waals surface area contributed by atoms with Crippen molar-refractivity contribution < 1.29 is 4.79 Å². The molecule has 0 radical (unpaired) electrons. The third-order valence-corrected chi connectivity index (χ3v) is 0.451. The second kappa shape index (κ2) is 3.30. The van der Waals surface area contributed by atoms with Crippen LogP contribution in [0.3, 0.4) is 0 Å². The summed E-state index contributed by atoms with van der Waals surface area (Å²) in [5.74, 6) is 4.94. The smallest absolute Gasteiger partial charge is 0.140 e. The molecule has 3 N–H and O–H groups in total. The summed E-state index contributed by atoms with van der Waals surface area (Å²) in [6.07, 6.45) is 1.51. The van der Waals surface area contributed by atoms with E-state index in [4.69, 9.17) is 11.3 Å². The van der Waals surface area contributed by atoms with Gasteiger partial charge in [-0.25, -0.2) is 5.84 Å². The van der Waals surface area contributed by atoms with E-state index < -0.39 is 0 Å². The van der Waals surface area contributed by atoms with Crippen LogP contribution in [0.15, 0.2) is 0 Å². The summed E-state index contributed by atoms with van der Waals surface area (Å²) >= 11 is 0. The predicted octanol–water partition coefficient (Wildman–Crippen LogP) is -1.03. The molecule has 0 bridgehead atoms. The van der Waals surface area contributed by atoms with Crippen molar-refractivity contribution in [2.75, 3.05) is 6.54 Å². The summed E-state index contributed by atoms with van der Waals surface area (Å²) in [6.45, 7) is 0.0868. The van der Waals surface area contributed by atoms with E-state index in [-0.39, 0.29) is 6.54 Å². The molecule has 0 aromatic carbocycles. The number of rotatable bonds is 3. The molecule has 40 valence electrons. The summed E-state index contributed by atoms with van der Waals surface area (Å²) in [5, 5.41) is 7.41. The number of hydrazine groups is 1. The van der Waals surface area contributed by atoms with Crippen LogP contribution in [0.5, 0.6) is 0 Å². The molecule has 0 rings (SSSR count). The van der Waals surface area contributed by atoms with Gasteiger partial charge in [-0.3, -0.25) is 10.4 Å². The molecule has 0 unspecified atom stereocenters. The number of nitrogens with one attached hydrogen (secondary N) is 1.